The van der Waals surface area contributed by atoms with Crippen LogP contribution in [0.3, 0.4) is 0 Å². The first-order chi connectivity index (χ1) is 5.70. The van der Waals surface area contributed by atoms with Crippen LogP contribution < -0.4 is 0 Å². The molecule has 0 aromatic rings. The van der Waals surface area contributed by atoms with E-state index < -0.39 is 5.54 Å². The van der Waals surface area contributed by atoms with E-state index in [2.05, 4.69) is 0 Å². The van der Waals surface area contributed by atoms with Crippen LogP contribution in [0.2, 0.25) is 0 Å². The summed E-state index contributed by atoms with van der Waals surface area (Å²) in [7, 11) is 0. The Morgan fingerprint density at radius 3 is 1.83 bits per heavy atom. The number of aliphatic hydroxyl groups excluding tert-OH is 3. The third kappa shape index (κ3) is 1.35. The topological polar surface area (TPSA) is 63.9 Å². The van der Waals surface area contributed by atoms with Crippen molar-refractivity contribution in [2.75, 3.05) is 26.4 Å². The average Bonchev–Trinajstić information content (AvgIpc) is 2.11. The smallest absolute Gasteiger partial charge is 0.0908 e. The van der Waals surface area contributed by atoms with Crippen molar-refractivity contribution < 1.29 is 15.3 Å². The number of likely N-dealkylation sites (tertiary alicyclic amines) is 1. The van der Waals surface area contributed by atoms with Gasteiger partial charge in [-0.3, -0.25) is 4.90 Å². The molecule has 12 heavy (non-hydrogen) atoms. The van der Waals surface area contributed by atoms with Crippen LogP contribution in [-0.4, -0.2) is 58.2 Å². The largest absolute Gasteiger partial charge is 0.394 e. The molecule has 1 heterocycles. The van der Waals surface area contributed by atoms with Gasteiger partial charge in [0.15, 0.2) is 0 Å². The van der Waals surface area contributed by atoms with Crippen molar-refractivity contribution in [2.45, 2.75) is 24.9 Å². The molecule has 1 fully saturated rings. The molecule has 4 nitrogen and oxygen atoms in total. The highest BCUT2D eigenvalue weighted by Crippen LogP contribution is 2.26. The summed E-state index contributed by atoms with van der Waals surface area (Å²) in [5.74, 6) is 0. The van der Waals surface area contributed by atoms with Gasteiger partial charge in [0.2, 0.25) is 0 Å². The standard InChI is InChI=1S/C8H17NO3/c1-7-2-3-9(7)8(4-10,5-11)6-12/h7,10-12H,2-6H2,1H3. The molecule has 0 spiro atoms. The lowest BCUT2D eigenvalue weighted by molar-refractivity contribution is -0.102. The van der Waals surface area contributed by atoms with Crippen molar-refractivity contribution in [2.24, 2.45) is 0 Å². The Bertz CT molecular complexity index is 139. The normalized spacial score (nSPS) is 25.5. The highest BCUT2D eigenvalue weighted by Gasteiger charge is 2.42. The zero-order chi connectivity index (χ0) is 9.19. The second kappa shape index (κ2) is 3.70. The Balaban J connectivity index is 2.63. The first-order valence-corrected chi connectivity index (χ1v) is 4.29. The molecule has 1 aliphatic heterocycles. The van der Waals surface area contributed by atoms with Crippen LogP contribution in [-0.2, 0) is 0 Å². The van der Waals surface area contributed by atoms with Gasteiger partial charge in [0, 0.05) is 12.6 Å². The third-order valence-electron chi connectivity index (χ3n) is 2.81. The van der Waals surface area contributed by atoms with Crippen molar-refractivity contribution in [3.05, 3.63) is 0 Å². The van der Waals surface area contributed by atoms with Gasteiger partial charge in [-0.15, -0.1) is 0 Å². The molecule has 0 saturated carbocycles. The minimum absolute atomic E-state index is 0.190. The maximum Gasteiger partial charge on any atom is 0.0908 e. The van der Waals surface area contributed by atoms with Crippen molar-refractivity contribution in [1.82, 2.24) is 4.90 Å². The van der Waals surface area contributed by atoms with E-state index in [4.69, 9.17) is 15.3 Å². The van der Waals surface area contributed by atoms with Gasteiger partial charge in [-0.25, -0.2) is 0 Å². The van der Waals surface area contributed by atoms with Gasteiger partial charge in [-0.05, 0) is 13.3 Å². The average molecular weight is 175 g/mol. The fourth-order valence-corrected chi connectivity index (χ4v) is 1.64. The van der Waals surface area contributed by atoms with Gasteiger partial charge in [0.25, 0.3) is 0 Å². The number of hydrogen-bond acceptors (Lipinski definition) is 4. The molecule has 1 atom stereocenters. The van der Waals surface area contributed by atoms with Crippen LogP contribution in [0.4, 0.5) is 0 Å². The van der Waals surface area contributed by atoms with E-state index in [1.54, 1.807) is 0 Å². The van der Waals surface area contributed by atoms with E-state index in [9.17, 15) is 0 Å². The van der Waals surface area contributed by atoms with Gasteiger partial charge in [0.05, 0.1) is 25.4 Å². The molecule has 1 unspecified atom stereocenters. The Morgan fingerprint density at radius 1 is 1.25 bits per heavy atom. The summed E-state index contributed by atoms with van der Waals surface area (Å²) in [6, 6.07) is 0.358. The van der Waals surface area contributed by atoms with E-state index in [-0.39, 0.29) is 19.8 Å². The summed E-state index contributed by atoms with van der Waals surface area (Å²) in [5, 5.41) is 27.2. The Kier molecular flexibility index (Phi) is 3.06. The minimum atomic E-state index is -0.808. The molecule has 4 heteroatoms. The van der Waals surface area contributed by atoms with E-state index in [0.29, 0.717) is 6.04 Å². The summed E-state index contributed by atoms with van der Waals surface area (Å²) < 4.78 is 0. The van der Waals surface area contributed by atoms with Crippen LogP contribution in [0.5, 0.6) is 0 Å². The molecule has 3 N–H and O–H groups in total. The van der Waals surface area contributed by atoms with Gasteiger partial charge in [-0.1, -0.05) is 0 Å². The zero-order valence-corrected chi connectivity index (χ0v) is 7.40. The van der Waals surface area contributed by atoms with E-state index in [0.717, 1.165) is 13.0 Å². The molecule has 0 amide bonds. The molecule has 0 bridgehead atoms. The molecule has 0 aromatic carbocycles. The molecule has 0 radical (unpaired) electrons. The summed E-state index contributed by atoms with van der Waals surface area (Å²) in [4.78, 5) is 1.95. The lowest BCUT2D eigenvalue weighted by Gasteiger charge is -2.50. The highest BCUT2D eigenvalue weighted by atomic mass is 16.3. The number of nitrogens with zero attached hydrogens (tertiary/aromatic N) is 1. The molecule has 72 valence electrons. The SMILES string of the molecule is CC1CCN1C(CO)(CO)CO. The van der Waals surface area contributed by atoms with Crippen LogP contribution in [0, 0.1) is 0 Å². The van der Waals surface area contributed by atoms with Crippen molar-refractivity contribution in [1.29, 1.82) is 0 Å². The number of rotatable bonds is 4. The lowest BCUT2D eigenvalue weighted by Crippen LogP contribution is -2.65. The molecule has 1 aliphatic rings. The quantitative estimate of drug-likeness (QED) is 0.502. The predicted octanol–water partition coefficient (Wildman–Crippen LogP) is -1.20. The molecule has 0 aromatic heterocycles. The molecule has 1 rings (SSSR count). The second-order valence-electron chi connectivity index (χ2n) is 3.53. The predicted molar refractivity (Wildman–Crippen MR) is 44.8 cm³/mol. The molecule has 0 aliphatic carbocycles. The van der Waals surface area contributed by atoms with E-state index in [1.165, 1.54) is 0 Å². The first-order valence-electron chi connectivity index (χ1n) is 4.29. The van der Waals surface area contributed by atoms with Gasteiger partial charge in [0.1, 0.15) is 0 Å². The van der Waals surface area contributed by atoms with Gasteiger partial charge in [-0.2, -0.15) is 0 Å². The van der Waals surface area contributed by atoms with E-state index >= 15 is 0 Å². The van der Waals surface area contributed by atoms with E-state index in [1.807, 2.05) is 11.8 Å². The Hall–Kier alpha value is -0.160. The molecule has 1 saturated heterocycles. The monoisotopic (exact) mass is 175 g/mol. The van der Waals surface area contributed by atoms with Crippen LogP contribution in [0.1, 0.15) is 13.3 Å². The Morgan fingerprint density at radius 2 is 1.75 bits per heavy atom. The lowest BCUT2D eigenvalue weighted by atomic mass is 9.91. The highest BCUT2D eigenvalue weighted by molar-refractivity contribution is 4.96. The summed E-state index contributed by atoms with van der Waals surface area (Å²) in [5.41, 5.74) is -0.808. The minimum Gasteiger partial charge on any atom is -0.394 e. The van der Waals surface area contributed by atoms with Crippen molar-refractivity contribution in [3.8, 4) is 0 Å². The summed E-state index contributed by atoms with van der Waals surface area (Å²) >= 11 is 0. The molecular formula is C8H17NO3. The fraction of sp³-hybridized carbons (Fsp3) is 1.00. The Labute approximate surface area is 72.4 Å². The number of aliphatic hydroxyl groups is 3. The van der Waals surface area contributed by atoms with Gasteiger partial charge < -0.3 is 15.3 Å². The third-order valence-corrected chi connectivity index (χ3v) is 2.81. The van der Waals surface area contributed by atoms with Crippen LogP contribution in [0.15, 0.2) is 0 Å². The van der Waals surface area contributed by atoms with Gasteiger partial charge >= 0.3 is 0 Å². The van der Waals surface area contributed by atoms with Crippen molar-refractivity contribution >= 4 is 0 Å². The molecular weight excluding hydrogens is 158 g/mol. The number of hydrogen-bond donors (Lipinski definition) is 3. The zero-order valence-electron chi connectivity index (χ0n) is 7.40. The maximum atomic E-state index is 9.07. The van der Waals surface area contributed by atoms with Crippen molar-refractivity contribution in [3.63, 3.8) is 0 Å². The van der Waals surface area contributed by atoms with Crippen LogP contribution >= 0.6 is 0 Å². The maximum absolute atomic E-state index is 9.07. The first kappa shape index (κ1) is 9.92. The fourth-order valence-electron chi connectivity index (χ4n) is 1.64. The summed E-state index contributed by atoms with van der Waals surface area (Å²) in [6.45, 7) is 2.31. The second-order valence-corrected chi connectivity index (χ2v) is 3.53. The summed E-state index contributed by atoms with van der Waals surface area (Å²) in [6.07, 6.45) is 1.07. The van der Waals surface area contributed by atoms with Crippen LogP contribution in [0.25, 0.3) is 0 Å².